The van der Waals surface area contributed by atoms with Gasteiger partial charge in [0, 0.05) is 0 Å². The van der Waals surface area contributed by atoms with Crippen molar-refractivity contribution in [2.24, 2.45) is 0 Å². The van der Waals surface area contributed by atoms with E-state index in [0.717, 1.165) is 69.5 Å². The van der Waals surface area contributed by atoms with E-state index in [4.69, 9.17) is 14.6 Å². The van der Waals surface area contributed by atoms with Gasteiger partial charge in [-0.25, -0.2) is 0 Å². The van der Waals surface area contributed by atoms with Crippen LogP contribution in [0.1, 0.15) is 43.5 Å². The Morgan fingerprint density at radius 1 is 1.06 bits per heavy atom. The van der Waals surface area contributed by atoms with Crippen LogP contribution < -0.4 is 8.45 Å². The van der Waals surface area contributed by atoms with Crippen LogP contribution in [0.3, 0.4) is 0 Å². The van der Waals surface area contributed by atoms with Crippen molar-refractivity contribution in [3.8, 4) is 16.9 Å². The maximum absolute atomic E-state index is 15.8. The van der Waals surface area contributed by atoms with Crippen LogP contribution in [0.5, 0.6) is 5.75 Å². The van der Waals surface area contributed by atoms with Crippen molar-refractivity contribution >= 4 is 33.0 Å². The molecule has 188 valence electrons. The van der Waals surface area contributed by atoms with Gasteiger partial charge in [-0.1, -0.05) is 30.3 Å². The Morgan fingerprint density at radius 2 is 1.86 bits per heavy atom. The number of aryl methyl sites for hydroxylation is 1. The van der Waals surface area contributed by atoms with Crippen molar-refractivity contribution < 1.29 is 13.9 Å². The van der Waals surface area contributed by atoms with Crippen LogP contribution in [-0.2, 0) is 17.8 Å². The van der Waals surface area contributed by atoms with Crippen LogP contribution in [0.25, 0.3) is 22.0 Å². The number of ether oxygens (including phenoxy) is 2. The van der Waals surface area contributed by atoms with E-state index in [2.05, 4.69) is 52.1 Å². The summed E-state index contributed by atoms with van der Waals surface area (Å²) in [5.74, 6) is 0.642. The molecular formula is C30H35FN2O2Sn. The molecule has 4 nitrogen and oxygen atoms in total. The summed E-state index contributed by atoms with van der Waals surface area (Å²) in [4.78, 5) is 6.87. The number of halogens is 1. The first kappa shape index (κ1) is 25.3. The minimum absolute atomic E-state index is 0.127. The second-order valence-electron chi connectivity index (χ2n) is 10.7. The molecule has 5 rings (SSSR count). The Labute approximate surface area is 217 Å². The van der Waals surface area contributed by atoms with Crippen molar-refractivity contribution in [2.75, 3.05) is 6.61 Å². The van der Waals surface area contributed by atoms with E-state index in [1.165, 1.54) is 0 Å². The van der Waals surface area contributed by atoms with E-state index in [0.29, 0.717) is 12.0 Å². The van der Waals surface area contributed by atoms with Gasteiger partial charge in [-0.05, 0) is 0 Å². The molecule has 1 aromatic heterocycles. The predicted octanol–water partition coefficient (Wildman–Crippen LogP) is 7.23. The molecule has 0 bridgehead atoms. The van der Waals surface area contributed by atoms with Crippen molar-refractivity contribution in [1.82, 2.24) is 9.78 Å². The number of rotatable bonds is 7. The maximum atomic E-state index is 15.8. The zero-order chi connectivity index (χ0) is 25.3. The van der Waals surface area contributed by atoms with Gasteiger partial charge in [0.05, 0.1) is 0 Å². The molecule has 1 unspecified atom stereocenters. The van der Waals surface area contributed by atoms with E-state index in [9.17, 15) is 0 Å². The zero-order valence-electron chi connectivity index (χ0n) is 21.7. The molecule has 0 radical (unpaired) electrons. The number of hydrogen-bond donors (Lipinski definition) is 0. The van der Waals surface area contributed by atoms with Gasteiger partial charge < -0.3 is 0 Å². The van der Waals surface area contributed by atoms with Crippen LogP contribution in [0.2, 0.25) is 14.8 Å². The monoisotopic (exact) mass is 594 g/mol. The third-order valence-electron chi connectivity index (χ3n) is 6.92. The molecule has 1 aliphatic heterocycles. The van der Waals surface area contributed by atoms with E-state index in [-0.39, 0.29) is 12.0 Å². The van der Waals surface area contributed by atoms with Gasteiger partial charge in [-0.3, -0.25) is 0 Å². The molecule has 3 aromatic carbocycles. The molecule has 0 aliphatic carbocycles. The van der Waals surface area contributed by atoms with Crippen LogP contribution >= 0.6 is 0 Å². The van der Waals surface area contributed by atoms with Crippen molar-refractivity contribution in [2.45, 2.75) is 60.3 Å². The quantitative estimate of drug-likeness (QED) is 0.212. The van der Waals surface area contributed by atoms with E-state index < -0.39 is 18.4 Å². The summed E-state index contributed by atoms with van der Waals surface area (Å²) in [5, 5.41) is 5.71. The van der Waals surface area contributed by atoms with E-state index in [1.54, 1.807) is 6.07 Å². The second kappa shape index (κ2) is 10.5. The molecule has 36 heavy (non-hydrogen) atoms. The van der Waals surface area contributed by atoms with Gasteiger partial charge in [0.25, 0.3) is 0 Å². The van der Waals surface area contributed by atoms with Crippen LogP contribution in [0.4, 0.5) is 4.39 Å². The molecule has 1 saturated heterocycles. The predicted molar refractivity (Wildman–Crippen MR) is 147 cm³/mol. The van der Waals surface area contributed by atoms with Gasteiger partial charge >= 0.3 is 188 Å². The Kier molecular flexibility index (Phi) is 7.40. The van der Waals surface area contributed by atoms with Crippen molar-refractivity contribution in [3.63, 3.8) is 0 Å². The van der Waals surface area contributed by atoms with Crippen LogP contribution in [0, 0.1) is 5.82 Å². The summed E-state index contributed by atoms with van der Waals surface area (Å²) in [6.07, 6.45) is 3.78. The standard InChI is InChI=1S/C27H26FN2O2.3CH3.Sn/c1-2-20-14-22(32-18-19-8-4-3-5-9-19)11-12-23(20)21-15-25(28)24-17-29-30(26(24)16-21)27-10-6-7-13-31-27;;;;/h3-5,8-9,11-12,14-16,27H,2,6-7,10,13,18H2,1H3;3*1H3;. The fourth-order valence-corrected chi connectivity index (χ4v) is 9.02. The number of hydrogen-bond acceptors (Lipinski definition) is 3. The van der Waals surface area contributed by atoms with Crippen molar-refractivity contribution in [1.29, 1.82) is 0 Å². The fraction of sp³-hybridized carbons (Fsp3) is 0.367. The second-order valence-corrected chi connectivity index (χ2v) is 24.9. The summed E-state index contributed by atoms with van der Waals surface area (Å²) in [6, 6.07) is 20.1. The molecule has 1 atom stereocenters. The first-order valence-electron chi connectivity index (χ1n) is 13.0. The van der Waals surface area contributed by atoms with E-state index >= 15 is 4.39 Å². The third kappa shape index (κ3) is 5.18. The number of aromatic nitrogens is 2. The van der Waals surface area contributed by atoms with Crippen LogP contribution in [-0.4, -0.2) is 34.8 Å². The zero-order valence-corrected chi connectivity index (χ0v) is 24.5. The molecule has 0 spiro atoms. The Balaban J connectivity index is 1.55. The SMILES string of the molecule is CCc1cc(OCc2ccccc2)ccc1-c1cc(F)c2[c]([Sn]([CH3])([CH3])[CH3])nn(C3CCCCO3)c2c1. The van der Waals surface area contributed by atoms with Crippen molar-refractivity contribution in [3.05, 3.63) is 77.6 Å². The molecule has 2 heterocycles. The minimum atomic E-state index is -2.69. The molecule has 1 fully saturated rings. The van der Waals surface area contributed by atoms with Gasteiger partial charge in [-0.15, -0.1) is 0 Å². The molecule has 0 N–H and O–H groups in total. The fourth-order valence-electron chi connectivity index (χ4n) is 5.01. The summed E-state index contributed by atoms with van der Waals surface area (Å²) in [7, 11) is 0. The number of benzene rings is 3. The molecular weight excluding hydrogens is 558 g/mol. The summed E-state index contributed by atoms with van der Waals surface area (Å²) in [6.45, 7) is 3.37. The third-order valence-corrected chi connectivity index (χ3v) is 12.0. The molecule has 4 aromatic rings. The Morgan fingerprint density at radius 3 is 2.56 bits per heavy atom. The van der Waals surface area contributed by atoms with Gasteiger partial charge in [0.2, 0.25) is 0 Å². The number of nitrogens with zero attached hydrogens (tertiary/aromatic N) is 2. The summed E-state index contributed by atoms with van der Waals surface area (Å²) >= 11 is -2.69. The number of fused-ring (bicyclic) bond motifs is 1. The Bertz CT molecular complexity index is 1360. The van der Waals surface area contributed by atoms with Gasteiger partial charge in [-0.2, -0.15) is 0 Å². The van der Waals surface area contributed by atoms with Crippen LogP contribution in [0.15, 0.2) is 60.7 Å². The topological polar surface area (TPSA) is 36.3 Å². The average molecular weight is 593 g/mol. The summed E-state index contributed by atoms with van der Waals surface area (Å²) < 4.78 is 31.0. The molecule has 0 saturated carbocycles. The molecule has 0 amide bonds. The first-order valence-corrected chi connectivity index (χ1v) is 23.0. The molecule has 1 aliphatic rings. The van der Waals surface area contributed by atoms with Gasteiger partial charge in [0.1, 0.15) is 0 Å². The molecule has 6 heteroatoms. The van der Waals surface area contributed by atoms with Gasteiger partial charge in [0.15, 0.2) is 0 Å². The van der Waals surface area contributed by atoms with E-state index in [1.807, 2.05) is 28.9 Å². The summed E-state index contributed by atoms with van der Waals surface area (Å²) in [5.41, 5.74) is 5.02. The Hall–Kier alpha value is -2.38. The first-order chi connectivity index (χ1) is 17.3. The average Bonchev–Trinajstić information content (AvgIpc) is 3.29. The normalized spacial score (nSPS) is 16.4.